The van der Waals surface area contributed by atoms with Gasteiger partial charge in [-0.2, -0.15) is 13.1 Å². The summed E-state index contributed by atoms with van der Waals surface area (Å²) in [6.45, 7) is 5.22. The molecule has 0 radical (unpaired) electrons. The molecule has 3 aliphatic carbocycles. The van der Waals surface area contributed by atoms with Crippen LogP contribution in [-0.4, -0.2) is 22.6 Å². The summed E-state index contributed by atoms with van der Waals surface area (Å²) in [6, 6.07) is 0. The molecule has 0 amide bonds. The zero-order chi connectivity index (χ0) is 16.1. The Morgan fingerprint density at radius 3 is 2.52 bits per heavy atom. The second-order valence-corrected chi connectivity index (χ2v) is 7.05. The van der Waals surface area contributed by atoms with Gasteiger partial charge in [-0.05, 0) is 31.1 Å². The lowest BCUT2D eigenvalue weighted by atomic mass is 9.45. The number of carbonyl (C=O) groups is 2. The molecule has 3 aliphatic rings. The number of fused-ring (bicyclic) bond motifs is 2. The first-order valence-corrected chi connectivity index (χ1v) is 7.08. The van der Waals surface area contributed by atoms with E-state index in [1.807, 2.05) is 13.8 Å². The van der Waals surface area contributed by atoms with Crippen LogP contribution in [0.4, 0.5) is 8.78 Å². The molecule has 3 saturated carbocycles. The van der Waals surface area contributed by atoms with E-state index in [2.05, 4.69) is 9.37 Å². The summed E-state index contributed by atoms with van der Waals surface area (Å²) < 4.78 is 34.9. The molecule has 2 bridgehead atoms. The van der Waals surface area contributed by atoms with Crippen molar-refractivity contribution in [2.24, 2.45) is 17.3 Å². The molecule has 3 unspecified atom stereocenters. The van der Waals surface area contributed by atoms with E-state index >= 15 is 0 Å². The molecule has 9 heteroatoms. The number of ketones is 1. The van der Waals surface area contributed by atoms with Gasteiger partial charge in [-0.15, -0.1) is 0 Å². The van der Waals surface area contributed by atoms with Gasteiger partial charge in [0, 0.05) is 5.92 Å². The summed E-state index contributed by atoms with van der Waals surface area (Å²) in [4.78, 5) is 23.8. The monoisotopic (exact) mass is 325 g/mol. The molecule has 3 fully saturated rings. The lowest BCUT2D eigenvalue weighted by molar-refractivity contribution is -0.777. The van der Waals surface area contributed by atoms with Gasteiger partial charge in [0.25, 0.3) is 0 Å². The van der Waals surface area contributed by atoms with Gasteiger partial charge >= 0.3 is 11.2 Å². The number of rotatable bonds is 5. The van der Waals surface area contributed by atoms with Crippen molar-refractivity contribution in [3.63, 3.8) is 0 Å². The molecule has 0 saturated heterocycles. The van der Waals surface area contributed by atoms with Crippen LogP contribution in [0.1, 0.15) is 33.6 Å². The van der Waals surface area contributed by atoms with Crippen LogP contribution in [0.15, 0.2) is 0 Å². The molecule has 120 valence electrons. The highest BCUT2D eigenvalue weighted by Crippen LogP contribution is 2.60. The number of halogens is 2. The van der Waals surface area contributed by atoms with Gasteiger partial charge < -0.3 is 9.99 Å². The predicted molar refractivity (Wildman–Crippen MR) is 64.2 cm³/mol. The largest absolute Gasteiger partial charge is 0.691 e. The van der Waals surface area contributed by atoms with Gasteiger partial charge in [0.05, 0.1) is 0 Å². The van der Waals surface area contributed by atoms with Crippen molar-refractivity contribution >= 4 is 23.8 Å². The molecule has 3 atom stereocenters. The standard InChI is InChI=1S/C12H16F2O6S/c1-10(2)6-4-7(10)8(15)11(3,5-6)18-9(16)12(13,14)21-20-19-17/h6-7,17H,4-5H2,1-3H3/p-1. The first-order chi connectivity index (χ1) is 9.54. The molecular formula is C12H15F2O6S-. The van der Waals surface area contributed by atoms with Gasteiger partial charge in [-0.25, -0.2) is 4.79 Å². The van der Waals surface area contributed by atoms with Crippen LogP contribution in [0.2, 0.25) is 0 Å². The van der Waals surface area contributed by atoms with Crippen molar-refractivity contribution in [1.29, 1.82) is 0 Å². The van der Waals surface area contributed by atoms with Crippen LogP contribution in [-0.2, 0) is 23.7 Å². The van der Waals surface area contributed by atoms with Gasteiger partial charge in [-0.3, -0.25) is 9.83 Å². The van der Waals surface area contributed by atoms with Gasteiger partial charge in [0.2, 0.25) is 0 Å². The maximum Gasteiger partial charge on any atom is 0.415 e. The van der Waals surface area contributed by atoms with E-state index in [1.165, 1.54) is 6.92 Å². The second-order valence-electron chi connectivity index (χ2n) is 6.23. The molecule has 6 nitrogen and oxygen atoms in total. The lowest BCUT2D eigenvalue weighted by Crippen LogP contribution is -2.64. The number of carbonyl (C=O) groups excluding carboxylic acids is 2. The Hall–Kier alpha value is -0.770. The third kappa shape index (κ3) is 2.67. The van der Waals surface area contributed by atoms with Gasteiger partial charge in [-0.1, -0.05) is 13.8 Å². The highest BCUT2D eigenvalue weighted by Gasteiger charge is 2.64. The molecule has 0 N–H and O–H groups in total. The Morgan fingerprint density at radius 1 is 1.43 bits per heavy atom. The van der Waals surface area contributed by atoms with Crippen LogP contribution in [0.25, 0.3) is 0 Å². The minimum absolute atomic E-state index is 0.139. The molecule has 21 heavy (non-hydrogen) atoms. The molecule has 0 aromatic carbocycles. The number of hydrogen-bond acceptors (Lipinski definition) is 7. The zero-order valence-electron chi connectivity index (χ0n) is 11.7. The van der Waals surface area contributed by atoms with E-state index in [4.69, 9.17) is 4.74 Å². The number of Topliss-reactive ketones (excluding diaryl/α,β-unsaturated/α-hetero) is 1. The zero-order valence-corrected chi connectivity index (χ0v) is 12.5. The van der Waals surface area contributed by atoms with Crippen molar-refractivity contribution in [1.82, 2.24) is 0 Å². The average Bonchev–Trinajstić information content (AvgIpc) is 2.39. The summed E-state index contributed by atoms with van der Waals surface area (Å²) in [7, 11) is 0. The highest BCUT2D eigenvalue weighted by atomic mass is 32.2. The van der Waals surface area contributed by atoms with Crippen LogP contribution in [0.3, 0.4) is 0 Å². The molecule has 0 aromatic heterocycles. The Morgan fingerprint density at radius 2 is 2.05 bits per heavy atom. The van der Waals surface area contributed by atoms with E-state index in [0.717, 1.165) is 0 Å². The number of alkyl halides is 2. The Bertz CT molecular complexity index is 469. The van der Waals surface area contributed by atoms with Gasteiger partial charge in [0.15, 0.2) is 11.4 Å². The number of hydrogen-bond donors (Lipinski definition) is 0. The van der Waals surface area contributed by atoms with Crippen LogP contribution in [0.5, 0.6) is 0 Å². The van der Waals surface area contributed by atoms with Gasteiger partial charge in [0.1, 0.15) is 12.0 Å². The summed E-state index contributed by atoms with van der Waals surface area (Å²) in [5, 5.41) is 8.18. The normalized spacial score (nSPS) is 34.3. The molecular weight excluding hydrogens is 310 g/mol. The quantitative estimate of drug-likeness (QED) is 0.327. The third-order valence-electron chi connectivity index (χ3n) is 4.67. The fourth-order valence-corrected chi connectivity index (χ4v) is 3.42. The third-order valence-corrected chi connectivity index (χ3v) is 5.17. The Balaban J connectivity index is 2.06. The Kier molecular flexibility index (Phi) is 4.07. The lowest BCUT2D eigenvalue weighted by Gasteiger charge is -2.59. The molecule has 0 spiro atoms. The van der Waals surface area contributed by atoms with Crippen LogP contribution >= 0.6 is 12.0 Å². The predicted octanol–water partition coefficient (Wildman–Crippen LogP) is 1.39. The van der Waals surface area contributed by atoms with Crippen molar-refractivity contribution in [2.75, 3.05) is 0 Å². The SMILES string of the molecule is CC1(OC(=O)C(F)(F)SOO[O-])CC2CC(C1=O)C2(C)C. The summed E-state index contributed by atoms with van der Waals surface area (Å²) in [5.74, 6) is -2.43. The fraction of sp³-hybridized carbons (Fsp3) is 0.833. The first-order valence-electron chi connectivity index (χ1n) is 6.34. The average molecular weight is 325 g/mol. The second kappa shape index (κ2) is 5.15. The van der Waals surface area contributed by atoms with E-state index in [-0.39, 0.29) is 29.5 Å². The molecule has 0 aromatic rings. The molecule has 3 rings (SSSR count). The topological polar surface area (TPSA) is 84.9 Å². The van der Waals surface area contributed by atoms with E-state index in [9.17, 15) is 23.6 Å². The summed E-state index contributed by atoms with van der Waals surface area (Å²) in [5.41, 5.74) is -1.76. The van der Waals surface area contributed by atoms with Crippen LogP contribution in [0, 0.1) is 17.3 Å². The van der Waals surface area contributed by atoms with Crippen molar-refractivity contribution in [3.8, 4) is 0 Å². The maximum atomic E-state index is 13.4. The smallest absolute Gasteiger partial charge is 0.415 e. The van der Waals surface area contributed by atoms with Crippen LogP contribution < -0.4 is 5.26 Å². The number of ether oxygens (including phenoxy) is 1. The van der Waals surface area contributed by atoms with Crippen molar-refractivity contribution < 1.29 is 37.7 Å². The Labute approximate surface area is 124 Å². The molecule has 0 heterocycles. The van der Waals surface area contributed by atoms with E-state index in [1.54, 1.807) is 0 Å². The summed E-state index contributed by atoms with van der Waals surface area (Å²) in [6.07, 6.45) is 0.901. The highest BCUT2D eigenvalue weighted by molar-refractivity contribution is 7.96. The first kappa shape index (κ1) is 16.6. The summed E-state index contributed by atoms with van der Waals surface area (Å²) >= 11 is -0.767. The number of esters is 1. The van der Waals surface area contributed by atoms with E-state index in [0.29, 0.717) is 6.42 Å². The van der Waals surface area contributed by atoms with Crippen molar-refractivity contribution in [3.05, 3.63) is 0 Å². The van der Waals surface area contributed by atoms with Crippen molar-refractivity contribution in [2.45, 2.75) is 44.5 Å². The van der Waals surface area contributed by atoms with E-state index < -0.39 is 28.9 Å². The minimum Gasteiger partial charge on any atom is -0.691 e. The maximum absolute atomic E-state index is 13.4. The fourth-order valence-electron chi connectivity index (χ4n) is 3.19. The molecule has 0 aliphatic heterocycles. The minimum atomic E-state index is -4.13.